The molecule has 0 fully saturated rings. The van der Waals surface area contributed by atoms with E-state index >= 15 is 0 Å². The first-order chi connectivity index (χ1) is 10.8. The fraction of sp³-hybridized carbons (Fsp3) is 0.133. The summed E-state index contributed by atoms with van der Waals surface area (Å²) in [6.45, 7) is -3.00. The second kappa shape index (κ2) is 6.74. The van der Waals surface area contributed by atoms with Crippen LogP contribution in [0.4, 0.5) is 14.5 Å². The Balaban J connectivity index is 2.27. The molecule has 0 bridgehead atoms. The Hall–Kier alpha value is -2.48. The average Bonchev–Trinajstić information content (AvgIpc) is 2.46. The zero-order valence-electron chi connectivity index (χ0n) is 12.0. The molecule has 0 atom stereocenters. The highest BCUT2D eigenvalue weighted by atomic mass is 32.2. The third kappa shape index (κ3) is 4.49. The molecule has 1 amide bonds. The van der Waals surface area contributed by atoms with E-state index in [2.05, 4.69) is 10.1 Å². The number of amides is 1. The highest BCUT2D eigenvalue weighted by molar-refractivity contribution is 7.90. The van der Waals surface area contributed by atoms with Gasteiger partial charge in [0.2, 0.25) is 0 Å². The van der Waals surface area contributed by atoms with E-state index in [-0.39, 0.29) is 21.9 Å². The van der Waals surface area contributed by atoms with E-state index < -0.39 is 22.4 Å². The van der Waals surface area contributed by atoms with Gasteiger partial charge in [-0.05, 0) is 30.3 Å². The largest absolute Gasteiger partial charge is 0.435 e. The molecule has 122 valence electrons. The van der Waals surface area contributed by atoms with Gasteiger partial charge in [0.05, 0.1) is 10.6 Å². The van der Waals surface area contributed by atoms with Crippen molar-refractivity contribution in [1.82, 2.24) is 0 Å². The Labute approximate surface area is 131 Å². The van der Waals surface area contributed by atoms with Gasteiger partial charge in [0.1, 0.15) is 5.75 Å². The average molecular weight is 341 g/mol. The van der Waals surface area contributed by atoms with Crippen molar-refractivity contribution in [1.29, 1.82) is 0 Å². The summed E-state index contributed by atoms with van der Waals surface area (Å²) in [5.74, 6) is -0.801. The Morgan fingerprint density at radius 3 is 2.48 bits per heavy atom. The molecule has 5 nitrogen and oxygen atoms in total. The smallest absolute Gasteiger partial charge is 0.387 e. The van der Waals surface area contributed by atoms with Crippen molar-refractivity contribution in [2.75, 3.05) is 11.6 Å². The fourth-order valence-electron chi connectivity index (χ4n) is 1.90. The second-order valence-corrected chi connectivity index (χ2v) is 6.61. The fourth-order valence-corrected chi connectivity index (χ4v) is 2.75. The zero-order valence-corrected chi connectivity index (χ0v) is 12.8. The molecule has 0 aliphatic rings. The van der Waals surface area contributed by atoms with Gasteiger partial charge in [0.15, 0.2) is 9.84 Å². The van der Waals surface area contributed by atoms with Crippen molar-refractivity contribution >= 4 is 21.4 Å². The molecule has 0 spiro atoms. The van der Waals surface area contributed by atoms with Crippen LogP contribution in [0.3, 0.4) is 0 Å². The monoisotopic (exact) mass is 341 g/mol. The number of hydrogen-bond donors (Lipinski definition) is 1. The van der Waals surface area contributed by atoms with Gasteiger partial charge in [-0.3, -0.25) is 4.79 Å². The summed E-state index contributed by atoms with van der Waals surface area (Å²) in [4.78, 5) is 12.1. The lowest BCUT2D eigenvalue weighted by Crippen LogP contribution is -2.14. The molecule has 0 unspecified atom stereocenters. The van der Waals surface area contributed by atoms with Gasteiger partial charge in [-0.1, -0.05) is 18.2 Å². The van der Waals surface area contributed by atoms with Crippen molar-refractivity contribution in [3.05, 3.63) is 54.1 Å². The number of halogens is 2. The van der Waals surface area contributed by atoms with Crippen LogP contribution in [0.2, 0.25) is 0 Å². The predicted octanol–water partition coefficient (Wildman–Crippen LogP) is 2.94. The van der Waals surface area contributed by atoms with Gasteiger partial charge in [-0.25, -0.2) is 8.42 Å². The number of sulfone groups is 1. The topological polar surface area (TPSA) is 72.5 Å². The van der Waals surface area contributed by atoms with Gasteiger partial charge in [0.25, 0.3) is 5.91 Å². The Bertz CT molecular complexity index is 822. The molecule has 0 heterocycles. The molecule has 2 rings (SSSR count). The molecule has 0 aromatic heterocycles. The van der Waals surface area contributed by atoms with Crippen LogP contribution < -0.4 is 10.1 Å². The maximum atomic E-state index is 12.2. The summed E-state index contributed by atoms with van der Waals surface area (Å²) in [5.41, 5.74) is 0.173. The molecule has 0 saturated heterocycles. The lowest BCUT2D eigenvalue weighted by atomic mass is 10.2. The third-order valence-corrected chi connectivity index (χ3v) is 4.01. The minimum atomic E-state index is -3.52. The van der Waals surface area contributed by atoms with Crippen LogP contribution in [0.15, 0.2) is 53.4 Å². The summed E-state index contributed by atoms with van der Waals surface area (Å²) in [7, 11) is -3.52. The molecule has 0 saturated carbocycles. The quantitative estimate of drug-likeness (QED) is 0.907. The van der Waals surface area contributed by atoms with E-state index in [1.54, 1.807) is 6.07 Å². The number of carbonyl (C=O) groups is 1. The molecule has 0 aliphatic carbocycles. The van der Waals surface area contributed by atoms with E-state index in [1.165, 1.54) is 36.4 Å². The van der Waals surface area contributed by atoms with Crippen LogP contribution in [-0.4, -0.2) is 27.2 Å². The number of alkyl halides is 2. The van der Waals surface area contributed by atoms with Gasteiger partial charge in [-0.15, -0.1) is 0 Å². The molecule has 1 N–H and O–H groups in total. The highest BCUT2D eigenvalue weighted by Crippen LogP contribution is 2.22. The maximum absolute atomic E-state index is 12.2. The standard InChI is InChI=1S/C15H13F2NO4S/c1-23(20,21)13-8-3-2-7-12(13)18-14(19)10-5-4-6-11(9-10)22-15(16)17/h2-9,15H,1H3,(H,18,19). The third-order valence-electron chi connectivity index (χ3n) is 2.86. The first-order valence-corrected chi connectivity index (χ1v) is 8.32. The number of benzene rings is 2. The van der Waals surface area contributed by atoms with Gasteiger partial charge >= 0.3 is 6.61 Å². The van der Waals surface area contributed by atoms with Crippen molar-refractivity contribution in [3.8, 4) is 5.75 Å². The van der Waals surface area contributed by atoms with Crippen LogP contribution in [0.1, 0.15) is 10.4 Å². The number of rotatable bonds is 5. The molecular weight excluding hydrogens is 328 g/mol. The van der Waals surface area contributed by atoms with Crippen LogP contribution in [0, 0.1) is 0 Å². The molecule has 2 aromatic rings. The Kier molecular flexibility index (Phi) is 4.95. The maximum Gasteiger partial charge on any atom is 0.387 e. The number of ether oxygens (including phenoxy) is 1. The van der Waals surface area contributed by atoms with E-state index in [9.17, 15) is 22.0 Å². The van der Waals surface area contributed by atoms with Gasteiger partial charge < -0.3 is 10.1 Å². The molecule has 23 heavy (non-hydrogen) atoms. The molecular formula is C15H13F2NO4S. The van der Waals surface area contributed by atoms with E-state index in [1.807, 2.05) is 0 Å². The minimum absolute atomic E-state index is 0.0339. The molecule has 8 heteroatoms. The van der Waals surface area contributed by atoms with E-state index in [0.29, 0.717) is 0 Å². The van der Waals surface area contributed by atoms with Gasteiger partial charge in [0, 0.05) is 11.8 Å². The van der Waals surface area contributed by atoms with Crippen molar-refractivity contribution in [2.24, 2.45) is 0 Å². The summed E-state index contributed by atoms with van der Waals surface area (Å²) in [6, 6.07) is 11.1. The van der Waals surface area contributed by atoms with E-state index in [4.69, 9.17) is 0 Å². The first kappa shape index (κ1) is 16.9. The number of para-hydroxylation sites is 1. The van der Waals surface area contributed by atoms with Crippen LogP contribution in [0.5, 0.6) is 5.75 Å². The van der Waals surface area contributed by atoms with Gasteiger partial charge in [-0.2, -0.15) is 8.78 Å². The normalized spacial score (nSPS) is 11.3. The molecule has 0 radical (unpaired) electrons. The van der Waals surface area contributed by atoms with Crippen LogP contribution in [-0.2, 0) is 9.84 Å². The number of hydrogen-bond acceptors (Lipinski definition) is 4. The Morgan fingerprint density at radius 2 is 1.83 bits per heavy atom. The van der Waals surface area contributed by atoms with Crippen LogP contribution in [0.25, 0.3) is 0 Å². The summed E-state index contributed by atoms with van der Waals surface area (Å²) in [6.07, 6.45) is 1.02. The highest BCUT2D eigenvalue weighted by Gasteiger charge is 2.16. The number of carbonyl (C=O) groups excluding carboxylic acids is 1. The molecule has 0 aliphatic heterocycles. The number of nitrogens with one attached hydrogen (secondary N) is 1. The SMILES string of the molecule is CS(=O)(=O)c1ccccc1NC(=O)c1cccc(OC(F)F)c1. The van der Waals surface area contributed by atoms with Crippen molar-refractivity contribution in [2.45, 2.75) is 11.5 Å². The summed E-state index contributed by atoms with van der Waals surface area (Å²) in [5, 5.41) is 2.45. The summed E-state index contributed by atoms with van der Waals surface area (Å²) >= 11 is 0. The Morgan fingerprint density at radius 1 is 1.13 bits per heavy atom. The van der Waals surface area contributed by atoms with Crippen LogP contribution >= 0.6 is 0 Å². The first-order valence-electron chi connectivity index (χ1n) is 6.42. The van der Waals surface area contributed by atoms with Crippen molar-refractivity contribution in [3.63, 3.8) is 0 Å². The second-order valence-electron chi connectivity index (χ2n) is 4.63. The lowest BCUT2D eigenvalue weighted by Gasteiger charge is -2.10. The number of anilines is 1. The zero-order chi connectivity index (χ0) is 17.0. The van der Waals surface area contributed by atoms with E-state index in [0.717, 1.165) is 12.3 Å². The minimum Gasteiger partial charge on any atom is -0.435 e. The molecule has 2 aromatic carbocycles. The summed E-state index contributed by atoms with van der Waals surface area (Å²) < 4.78 is 52.0. The van der Waals surface area contributed by atoms with Crippen molar-refractivity contribution < 1.29 is 26.7 Å². The predicted molar refractivity (Wildman–Crippen MR) is 80.6 cm³/mol. The lowest BCUT2D eigenvalue weighted by molar-refractivity contribution is -0.0498.